The van der Waals surface area contributed by atoms with Gasteiger partial charge in [0.15, 0.2) is 0 Å². The topological polar surface area (TPSA) is 87.6 Å². The smallest absolute Gasteiger partial charge is 0.376 e. The van der Waals surface area contributed by atoms with Crippen molar-refractivity contribution in [1.29, 1.82) is 0 Å². The molecule has 0 aromatic heterocycles. The van der Waals surface area contributed by atoms with Crippen LogP contribution in [0.5, 0.6) is 0 Å². The first-order valence-corrected chi connectivity index (χ1v) is 7.47. The Labute approximate surface area is 174 Å². The molecule has 0 unspecified atom stereocenters. The molecule has 0 aliphatic carbocycles. The summed E-state index contributed by atoms with van der Waals surface area (Å²) in [6.07, 6.45) is 0. The first-order valence-electron chi connectivity index (χ1n) is 7.47. The maximum atomic E-state index is 7.86. The van der Waals surface area contributed by atoms with Crippen LogP contribution in [0.15, 0.2) is 15.5 Å². The quantitative estimate of drug-likeness (QED) is 0.172. The van der Waals surface area contributed by atoms with Crippen molar-refractivity contribution in [2.75, 3.05) is 0 Å². The second-order valence-electron chi connectivity index (χ2n) is 8.49. The summed E-state index contributed by atoms with van der Waals surface area (Å²) >= 11 is 0. The maximum absolute atomic E-state index is 7.86. The van der Waals surface area contributed by atoms with Crippen LogP contribution < -0.4 is 37.7 Å². The van der Waals surface area contributed by atoms with Gasteiger partial charge in [-0.2, -0.15) is 20.8 Å². The molecule has 0 aliphatic rings. The van der Waals surface area contributed by atoms with E-state index in [2.05, 4.69) is 46.6 Å². The van der Waals surface area contributed by atoms with Crippen molar-refractivity contribution >= 4 is 0 Å². The van der Waals surface area contributed by atoms with E-state index in [-0.39, 0.29) is 54.3 Å². The SMILES string of the molecule is CC(C)(C)N=N[N-]C(C)(C)C.CC(C)(C)N=[N+]=[N-].C[C-](C)C.[Li+].[Li+]. The Bertz CT molecular complexity index is 340. The molecule has 0 aromatic carbocycles. The summed E-state index contributed by atoms with van der Waals surface area (Å²) in [5, 5.41) is 11.2. The van der Waals surface area contributed by atoms with E-state index in [1.807, 2.05) is 62.3 Å². The van der Waals surface area contributed by atoms with E-state index in [0.29, 0.717) is 0 Å². The molecule has 0 radical (unpaired) electrons. The molecular formula is C16H36Li2N6. The van der Waals surface area contributed by atoms with E-state index < -0.39 is 0 Å². The third-order valence-corrected chi connectivity index (χ3v) is 1.03. The number of hydrogen-bond acceptors (Lipinski definition) is 3. The van der Waals surface area contributed by atoms with Crippen LogP contribution >= 0.6 is 0 Å². The van der Waals surface area contributed by atoms with Crippen LogP contribution in [-0.4, -0.2) is 16.6 Å². The van der Waals surface area contributed by atoms with Crippen molar-refractivity contribution in [3.8, 4) is 0 Å². The average Bonchev–Trinajstić information content (AvgIpc) is 2.10. The second-order valence-corrected chi connectivity index (χ2v) is 8.49. The molecule has 0 saturated heterocycles. The zero-order chi connectivity index (χ0) is 18.6. The van der Waals surface area contributed by atoms with Crippen molar-refractivity contribution in [3.05, 3.63) is 21.8 Å². The normalized spacial score (nSPS) is 10.9. The number of nitrogens with zero attached hydrogens (tertiary/aromatic N) is 6. The summed E-state index contributed by atoms with van der Waals surface area (Å²) in [7, 11) is 0. The molecule has 0 heterocycles. The summed E-state index contributed by atoms with van der Waals surface area (Å²) in [4.78, 5) is 2.63. The van der Waals surface area contributed by atoms with Crippen molar-refractivity contribution in [2.45, 2.75) is 99.7 Å². The van der Waals surface area contributed by atoms with Gasteiger partial charge in [0.2, 0.25) is 0 Å². The predicted molar refractivity (Wildman–Crippen MR) is 96.9 cm³/mol. The Kier molecular flexibility index (Phi) is 23.9. The Morgan fingerprint density at radius 2 is 1.12 bits per heavy atom. The first kappa shape index (κ1) is 35.1. The fraction of sp³-hybridized carbons (Fsp3) is 0.938. The summed E-state index contributed by atoms with van der Waals surface area (Å²) in [6.45, 7) is 23.8. The second kappa shape index (κ2) is 16.4. The molecule has 0 fully saturated rings. The average molecular weight is 326 g/mol. The van der Waals surface area contributed by atoms with E-state index >= 15 is 0 Å². The van der Waals surface area contributed by atoms with Crippen LogP contribution in [0.3, 0.4) is 0 Å². The van der Waals surface area contributed by atoms with E-state index in [4.69, 9.17) is 5.53 Å². The van der Waals surface area contributed by atoms with Gasteiger partial charge in [-0.3, -0.25) is 5.22 Å². The van der Waals surface area contributed by atoms with Crippen molar-refractivity contribution in [3.63, 3.8) is 0 Å². The molecule has 0 amide bonds. The molecule has 0 atom stereocenters. The van der Waals surface area contributed by atoms with E-state index in [0.717, 1.165) is 0 Å². The van der Waals surface area contributed by atoms with Gasteiger partial charge in [0.05, 0.1) is 0 Å². The fourth-order valence-corrected chi connectivity index (χ4v) is 0.425. The van der Waals surface area contributed by atoms with Crippen molar-refractivity contribution < 1.29 is 37.7 Å². The summed E-state index contributed by atoms with van der Waals surface area (Å²) < 4.78 is 0. The van der Waals surface area contributed by atoms with Gasteiger partial charge in [-0.1, -0.05) is 67.4 Å². The van der Waals surface area contributed by atoms with Crippen LogP contribution in [0.1, 0.15) is 83.1 Å². The molecule has 24 heavy (non-hydrogen) atoms. The van der Waals surface area contributed by atoms with Gasteiger partial charge < -0.3 is 16.5 Å². The molecule has 0 bridgehead atoms. The number of hydrogen-bond donors (Lipinski definition) is 0. The molecule has 0 saturated carbocycles. The van der Waals surface area contributed by atoms with Crippen LogP contribution in [0.4, 0.5) is 0 Å². The Hall–Kier alpha value is -0.0952. The summed E-state index contributed by atoms with van der Waals surface area (Å²) in [5.74, 6) is 1.42. The van der Waals surface area contributed by atoms with Crippen molar-refractivity contribution in [1.82, 2.24) is 0 Å². The Balaban J connectivity index is -0.0000000806. The molecule has 0 rings (SSSR count). The maximum Gasteiger partial charge on any atom is 1.00 e. The molecule has 0 aromatic rings. The largest absolute Gasteiger partial charge is 1.00 e. The fourth-order valence-electron chi connectivity index (χ4n) is 0.425. The third kappa shape index (κ3) is 67.5. The molecule has 132 valence electrons. The van der Waals surface area contributed by atoms with Gasteiger partial charge in [0.1, 0.15) is 0 Å². The zero-order valence-electron chi connectivity index (χ0n) is 18.7. The minimum Gasteiger partial charge on any atom is -0.376 e. The number of rotatable bonds is 1. The molecule has 6 nitrogen and oxygen atoms in total. The molecular weight excluding hydrogens is 290 g/mol. The van der Waals surface area contributed by atoms with E-state index in [1.54, 1.807) is 0 Å². The van der Waals surface area contributed by atoms with Gasteiger partial charge in [0, 0.05) is 10.5 Å². The first-order chi connectivity index (χ1) is 9.50. The number of azide groups is 1. The minimum atomic E-state index is -0.241. The summed E-state index contributed by atoms with van der Waals surface area (Å²) in [5.41, 5.74) is 11.4. The Morgan fingerprint density at radius 3 is 1.25 bits per heavy atom. The molecule has 0 spiro atoms. The van der Waals surface area contributed by atoms with Crippen LogP contribution in [-0.2, 0) is 0 Å². The van der Waals surface area contributed by atoms with Crippen LogP contribution in [0.2, 0.25) is 0 Å². The van der Waals surface area contributed by atoms with Gasteiger partial charge in [0.25, 0.3) is 0 Å². The molecule has 0 aliphatic heterocycles. The molecule has 8 heteroatoms. The van der Waals surface area contributed by atoms with Crippen LogP contribution in [0, 0.1) is 5.92 Å². The van der Waals surface area contributed by atoms with Gasteiger partial charge in [-0.15, -0.1) is 0 Å². The predicted octanol–water partition coefficient (Wildman–Crippen LogP) is 1.05. The minimum absolute atomic E-state index is 0. The van der Waals surface area contributed by atoms with Crippen molar-refractivity contribution in [2.24, 2.45) is 15.5 Å². The van der Waals surface area contributed by atoms with Gasteiger partial charge in [-0.05, 0) is 16.6 Å². The van der Waals surface area contributed by atoms with E-state index in [9.17, 15) is 0 Å². The Morgan fingerprint density at radius 1 is 0.792 bits per heavy atom. The summed E-state index contributed by atoms with van der Waals surface area (Å²) in [6, 6.07) is 0. The van der Waals surface area contributed by atoms with E-state index in [1.165, 1.54) is 5.92 Å². The van der Waals surface area contributed by atoms with Crippen LogP contribution in [0.25, 0.3) is 15.9 Å². The monoisotopic (exact) mass is 326 g/mol. The zero-order valence-corrected chi connectivity index (χ0v) is 18.7. The van der Waals surface area contributed by atoms with Gasteiger partial charge >= 0.3 is 37.7 Å². The third-order valence-electron chi connectivity index (χ3n) is 1.03. The molecule has 0 N–H and O–H groups in total. The van der Waals surface area contributed by atoms with Gasteiger partial charge in [-0.25, -0.2) is 0 Å². The standard InChI is InChI=1S/C8H18N3.C4H9N3.C4H9.2Li/c1-7(2,3)9-11-10-8(4,5)6;1-4(2,3)6-7-5;1-4(2)3;;/h1-6H3;1-3H3;1-3H3;;/q-1;;-1;2*+1.